The van der Waals surface area contributed by atoms with E-state index in [1.807, 2.05) is 12.1 Å². The van der Waals surface area contributed by atoms with Crippen molar-refractivity contribution in [3.8, 4) is 0 Å². The van der Waals surface area contributed by atoms with Crippen molar-refractivity contribution in [1.29, 1.82) is 0 Å². The molecule has 0 aromatic heterocycles. The van der Waals surface area contributed by atoms with Gasteiger partial charge in [-0.3, -0.25) is 0 Å². The van der Waals surface area contributed by atoms with Crippen LogP contribution in [0.4, 0.5) is 0 Å². The van der Waals surface area contributed by atoms with E-state index in [4.69, 9.17) is 34.8 Å². The Hall–Kier alpha value is 0.0900. The van der Waals surface area contributed by atoms with Gasteiger partial charge in [-0.15, -0.1) is 11.6 Å². The first kappa shape index (κ1) is 10.2. The van der Waals surface area contributed by atoms with Gasteiger partial charge >= 0.3 is 0 Å². The minimum absolute atomic E-state index is 0.00198. The summed E-state index contributed by atoms with van der Waals surface area (Å²) in [6.45, 7) is 3.85. The van der Waals surface area contributed by atoms with Crippen LogP contribution in [-0.4, -0.2) is 5.88 Å². The van der Waals surface area contributed by atoms with Crippen molar-refractivity contribution in [3.05, 3.63) is 40.7 Å². The number of benzene rings is 1. The summed E-state index contributed by atoms with van der Waals surface area (Å²) in [5.41, 5.74) is 0.902. The van der Waals surface area contributed by atoms with Crippen molar-refractivity contribution in [2.24, 2.45) is 0 Å². The second-order valence-electron chi connectivity index (χ2n) is 2.49. The quantitative estimate of drug-likeness (QED) is 0.660. The van der Waals surface area contributed by atoms with Crippen LogP contribution in [0.15, 0.2) is 18.2 Å². The van der Waals surface area contributed by atoms with E-state index < -0.39 is 0 Å². The highest BCUT2D eigenvalue weighted by molar-refractivity contribution is 6.42. The van der Waals surface area contributed by atoms with Crippen molar-refractivity contribution < 1.29 is 0 Å². The average Bonchev–Trinajstić information content (AvgIpc) is 2.08. The maximum absolute atomic E-state index is 5.94. The molecule has 1 aromatic carbocycles. The lowest BCUT2D eigenvalue weighted by atomic mass is 10.0. The molecule has 1 atom stereocenters. The molecule has 65 valence electrons. The van der Waals surface area contributed by atoms with E-state index in [9.17, 15) is 0 Å². The molecule has 1 aromatic rings. The lowest BCUT2D eigenvalue weighted by Gasteiger charge is -2.10. The largest absolute Gasteiger partial charge is 0.126 e. The number of hydrogen-bond donors (Lipinski definition) is 0. The lowest BCUT2D eigenvalue weighted by Crippen LogP contribution is -1.95. The fourth-order valence-corrected chi connectivity index (χ4v) is 1.55. The van der Waals surface area contributed by atoms with Gasteiger partial charge in [0.15, 0.2) is 0 Å². The van der Waals surface area contributed by atoms with Gasteiger partial charge in [-0.05, 0) is 24.5 Å². The van der Waals surface area contributed by atoms with Crippen molar-refractivity contribution in [2.45, 2.75) is 5.92 Å². The summed E-state index contributed by atoms with van der Waals surface area (Å²) in [4.78, 5) is 0. The third-order valence-corrected chi connectivity index (χ3v) is 2.81. The second kappa shape index (κ2) is 4.36. The van der Waals surface area contributed by atoms with Crippen LogP contribution in [0.3, 0.4) is 0 Å². The first-order valence-electron chi connectivity index (χ1n) is 3.49. The minimum atomic E-state index is -0.00198. The monoisotopic (exact) mass is 221 g/mol. The molecule has 0 aliphatic heterocycles. The number of alkyl halides is 1. The maximum Gasteiger partial charge on any atom is 0.0627 e. The van der Waals surface area contributed by atoms with Gasteiger partial charge in [0.2, 0.25) is 0 Å². The van der Waals surface area contributed by atoms with E-state index in [-0.39, 0.29) is 5.92 Å². The molecule has 0 N–H and O–H groups in total. The van der Waals surface area contributed by atoms with Crippen LogP contribution in [0.25, 0.3) is 0 Å². The SMILES string of the molecule is [CH2]C(CCl)c1cccc(Cl)c1Cl. The van der Waals surface area contributed by atoms with Crippen LogP contribution in [0.1, 0.15) is 11.5 Å². The molecular weight excluding hydrogens is 214 g/mol. The predicted octanol–water partition coefficient (Wildman–Crippen LogP) is 4.15. The minimum Gasteiger partial charge on any atom is -0.126 e. The Balaban J connectivity index is 3.07. The van der Waals surface area contributed by atoms with Gasteiger partial charge in [0.1, 0.15) is 0 Å². The van der Waals surface area contributed by atoms with Crippen LogP contribution in [-0.2, 0) is 0 Å². The smallest absolute Gasteiger partial charge is 0.0627 e. The van der Waals surface area contributed by atoms with Gasteiger partial charge in [-0.2, -0.15) is 0 Å². The molecule has 3 heteroatoms. The number of halogens is 3. The summed E-state index contributed by atoms with van der Waals surface area (Å²) in [5, 5.41) is 1.10. The summed E-state index contributed by atoms with van der Waals surface area (Å²) in [6, 6.07) is 5.47. The summed E-state index contributed by atoms with van der Waals surface area (Å²) in [6.07, 6.45) is 0. The molecule has 0 aliphatic rings. The van der Waals surface area contributed by atoms with Gasteiger partial charge in [0, 0.05) is 5.88 Å². The molecule has 0 spiro atoms. The average molecular weight is 223 g/mol. The van der Waals surface area contributed by atoms with Gasteiger partial charge in [-0.1, -0.05) is 35.3 Å². The molecule has 0 fully saturated rings. The molecule has 1 radical (unpaired) electrons. The topological polar surface area (TPSA) is 0 Å². The summed E-state index contributed by atoms with van der Waals surface area (Å²) >= 11 is 17.4. The Kier molecular flexibility index (Phi) is 3.70. The number of rotatable bonds is 2. The zero-order valence-electron chi connectivity index (χ0n) is 6.36. The summed E-state index contributed by atoms with van der Waals surface area (Å²) in [7, 11) is 0. The molecule has 0 heterocycles. The fraction of sp³-hybridized carbons (Fsp3) is 0.222. The first-order valence-corrected chi connectivity index (χ1v) is 4.78. The zero-order valence-corrected chi connectivity index (χ0v) is 8.63. The molecular formula is C9H8Cl3. The highest BCUT2D eigenvalue weighted by atomic mass is 35.5. The van der Waals surface area contributed by atoms with Crippen molar-refractivity contribution in [2.75, 3.05) is 5.88 Å². The molecule has 0 saturated carbocycles. The Bertz CT molecular complexity index is 270. The van der Waals surface area contributed by atoms with Crippen LogP contribution in [0.2, 0.25) is 10.0 Å². The third-order valence-electron chi connectivity index (χ3n) is 1.61. The van der Waals surface area contributed by atoms with Gasteiger partial charge < -0.3 is 0 Å². The van der Waals surface area contributed by atoms with E-state index in [2.05, 4.69) is 6.92 Å². The van der Waals surface area contributed by atoms with Crippen LogP contribution >= 0.6 is 34.8 Å². The lowest BCUT2D eigenvalue weighted by molar-refractivity contribution is 0.974. The second-order valence-corrected chi connectivity index (χ2v) is 3.59. The van der Waals surface area contributed by atoms with E-state index in [0.717, 1.165) is 5.56 Å². The molecule has 1 rings (SSSR count). The Morgan fingerprint density at radius 2 is 2.00 bits per heavy atom. The van der Waals surface area contributed by atoms with E-state index in [1.54, 1.807) is 6.07 Å². The highest BCUT2D eigenvalue weighted by Gasteiger charge is 2.10. The Morgan fingerprint density at radius 3 is 2.58 bits per heavy atom. The van der Waals surface area contributed by atoms with Gasteiger partial charge in [0.05, 0.1) is 10.0 Å². The normalized spacial score (nSPS) is 13.0. The van der Waals surface area contributed by atoms with E-state index in [1.165, 1.54) is 0 Å². The predicted molar refractivity (Wildman–Crippen MR) is 55.3 cm³/mol. The van der Waals surface area contributed by atoms with Crippen molar-refractivity contribution in [3.63, 3.8) is 0 Å². The molecule has 0 amide bonds. The molecule has 0 bridgehead atoms. The molecule has 0 aliphatic carbocycles. The van der Waals surface area contributed by atoms with Crippen LogP contribution < -0.4 is 0 Å². The molecule has 0 nitrogen and oxygen atoms in total. The Labute approximate surface area is 87.4 Å². The summed E-state index contributed by atoms with van der Waals surface area (Å²) in [5.74, 6) is 0.443. The molecule has 0 saturated heterocycles. The van der Waals surface area contributed by atoms with Gasteiger partial charge in [0.25, 0.3) is 0 Å². The third kappa shape index (κ3) is 2.07. The maximum atomic E-state index is 5.94. The Morgan fingerprint density at radius 1 is 1.33 bits per heavy atom. The van der Waals surface area contributed by atoms with E-state index >= 15 is 0 Å². The van der Waals surface area contributed by atoms with Crippen LogP contribution in [0, 0.1) is 6.92 Å². The van der Waals surface area contributed by atoms with E-state index in [0.29, 0.717) is 15.9 Å². The summed E-state index contributed by atoms with van der Waals surface area (Å²) < 4.78 is 0. The number of hydrogen-bond acceptors (Lipinski definition) is 0. The van der Waals surface area contributed by atoms with Crippen molar-refractivity contribution in [1.82, 2.24) is 0 Å². The first-order chi connectivity index (χ1) is 5.66. The van der Waals surface area contributed by atoms with Gasteiger partial charge in [-0.25, -0.2) is 0 Å². The van der Waals surface area contributed by atoms with Crippen LogP contribution in [0.5, 0.6) is 0 Å². The molecule has 12 heavy (non-hydrogen) atoms. The standard InChI is InChI=1S/C9H8Cl3/c1-6(5-10)7-3-2-4-8(11)9(7)12/h2-4,6H,1,5H2. The fourth-order valence-electron chi connectivity index (χ4n) is 0.919. The zero-order chi connectivity index (χ0) is 9.14. The van der Waals surface area contributed by atoms with Crippen molar-refractivity contribution >= 4 is 34.8 Å². The molecule has 1 unspecified atom stereocenters. The highest BCUT2D eigenvalue weighted by Crippen LogP contribution is 2.30.